The van der Waals surface area contributed by atoms with Crippen molar-refractivity contribution in [2.24, 2.45) is 45.5 Å². The number of benzene rings is 2. The highest BCUT2D eigenvalue weighted by Gasteiger charge is 2.53. The van der Waals surface area contributed by atoms with E-state index in [1.54, 1.807) is 65.8 Å². The molecule has 332 valence electrons. The Kier molecular flexibility index (Phi) is 13.1. The summed E-state index contributed by atoms with van der Waals surface area (Å²) in [5.41, 5.74) is -0.170. The lowest BCUT2D eigenvalue weighted by molar-refractivity contribution is -0.160. The molecule has 0 radical (unpaired) electrons. The molecule has 5 aliphatic heterocycles. The third-order valence-corrected chi connectivity index (χ3v) is 13.6. The fraction of sp³-hybridized carbons (Fsp3) is 0.587. The molecule has 15 nitrogen and oxygen atoms in total. The molecule has 1 saturated heterocycles. The molecular formula is C46H62N4O11. The molecule has 2 aromatic carbocycles. The van der Waals surface area contributed by atoms with Crippen molar-refractivity contribution < 1.29 is 53.8 Å². The molecule has 2 aromatic rings. The van der Waals surface area contributed by atoms with Gasteiger partial charge in [-0.25, -0.2) is 4.99 Å². The lowest BCUT2D eigenvalue weighted by atomic mass is 9.76. The molecule has 5 heterocycles. The number of aliphatic hydroxyl groups is 2. The first-order chi connectivity index (χ1) is 28.8. The number of ether oxygens (including phenoxy) is 4. The SMILES string of the molecule is CCC1CNC[C@@H](CC)C12N=c1c(c3c4c5c(C)c(O)c3c(O)c1=NC(=O)/C(C)=C\C=C\[C@H](C)[C@H](O)[C@@H](C)[C@@H](O)[C@@H](C)[C@H](OC(C)=O)[C@H](C)[C@@H](OC)/C=C/O[C@@](C)(O5)C4=O)N2. The number of hydrogen-bond donors (Lipinski definition) is 6. The first-order valence-electron chi connectivity index (χ1n) is 21.3. The highest BCUT2D eigenvalue weighted by atomic mass is 16.7. The van der Waals surface area contributed by atoms with Crippen molar-refractivity contribution in [1.29, 1.82) is 0 Å². The Bertz CT molecular complexity index is 2290. The minimum atomic E-state index is -1.96. The topological polar surface area (TPSA) is 218 Å². The van der Waals surface area contributed by atoms with E-state index in [4.69, 9.17) is 23.9 Å². The molecule has 12 atom stereocenters. The van der Waals surface area contributed by atoms with Crippen LogP contribution in [0.15, 0.2) is 46.1 Å². The number of ketones is 1. The second-order valence-electron chi connectivity index (χ2n) is 17.4. The molecule has 6 N–H and O–H groups in total. The van der Waals surface area contributed by atoms with Crippen LogP contribution in [0.3, 0.4) is 0 Å². The lowest BCUT2D eigenvalue weighted by Crippen LogP contribution is -2.58. The summed E-state index contributed by atoms with van der Waals surface area (Å²) in [6.45, 7) is 18.3. The van der Waals surface area contributed by atoms with Crippen LogP contribution in [0.25, 0.3) is 10.8 Å². The summed E-state index contributed by atoms with van der Waals surface area (Å²) < 4.78 is 24.1. The maximum Gasteiger partial charge on any atom is 0.312 e. The fourth-order valence-electron chi connectivity index (χ4n) is 9.69. The normalized spacial score (nSPS) is 36.2. The Balaban J connectivity index is 1.61. The Labute approximate surface area is 356 Å². The zero-order valence-electron chi connectivity index (χ0n) is 37.0. The summed E-state index contributed by atoms with van der Waals surface area (Å²) in [7, 11) is 1.47. The number of rotatable bonds is 4. The van der Waals surface area contributed by atoms with Crippen molar-refractivity contribution in [2.45, 2.75) is 118 Å². The summed E-state index contributed by atoms with van der Waals surface area (Å²) in [6.07, 6.45) is 5.36. The van der Waals surface area contributed by atoms with Gasteiger partial charge in [0.2, 0.25) is 0 Å². The second kappa shape index (κ2) is 17.5. The summed E-state index contributed by atoms with van der Waals surface area (Å²) in [5, 5.41) is 54.4. The Morgan fingerprint density at radius 1 is 0.934 bits per heavy atom. The molecular weight excluding hydrogens is 785 g/mol. The Hall–Kier alpha value is -4.83. The van der Waals surface area contributed by atoms with Gasteiger partial charge in [0.1, 0.15) is 34.0 Å². The number of phenolic OH excluding ortho intramolecular Hbond substituents is 2. The molecule has 0 aliphatic carbocycles. The number of aromatic hydroxyl groups is 2. The number of fused-ring (bicyclic) bond motifs is 13. The van der Waals surface area contributed by atoms with E-state index in [2.05, 4.69) is 29.5 Å². The summed E-state index contributed by atoms with van der Waals surface area (Å²) in [5.74, 6) is -7.15. The van der Waals surface area contributed by atoms with E-state index in [9.17, 15) is 34.8 Å². The zero-order valence-corrected chi connectivity index (χ0v) is 37.0. The number of esters is 1. The number of Topliss-reactive ketones (excluding diaryl/α,β-unsaturated/α-hetero) is 1. The number of nitrogens with one attached hydrogen (secondary N) is 2. The molecule has 1 spiro atoms. The van der Waals surface area contributed by atoms with Gasteiger partial charge in [0, 0.05) is 86.1 Å². The van der Waals surface area contributed by atoms with Gasteiger partial charge in [0.25, 0.3) is 11.7 Å². The van der Waals surface area contributed by atoms with E-state index >= 15 is 0 Å². The zero-order chi connectivity index (χ0) is 44.9. The molecule has 1 amide bonds. The number of nitrogens with zero attached hydrogens (tertiary/aromatic N) is 2. The van der Waals surface area contributed by atoms with Gasteiger partial charge in [-0.05, 0) is 32.8 Å². The van der Waals surface area contributed by atoms with Crippen molar-refractivity contribution in [1.82, 2.24) is 5.32 Å². The van der Waals surface area contributed by atoms with Gasteiger partial charge < -0.3 is 50.0 Å². The number of carbonyl (C=O) groups excluding carboxylic acids is 3. The molecule has 15 heteroatoms. The number of anilines is 1. The third-order valence-electron chi connectivity index (χ3n) is 13.6. The van der Waals surface area contributed by atoms with Crippen LogP contribution in [0.4, 0.5) is 5.69 Å². The number of piperidine rings is 1. The minimum Gasteiger partial charge on any atom is -0.507 e. The van der Waals surface area contributed by atoms with E-state index in [-0.39, 0.29) is 61.5 Å². The molecule has 7 rings (SSSR count). The van der Waals surface area contributed by atoms with Crippen LogP contribution in [0.1, 0.15) is 91.1 Å². The van der Waals surface area contributed by atoms with Crippen molar-refractivity contribution in [3.63, 3.8) is 0 Å². The largest absolute Gasteiger partial charge is 0.507 e. The molecule has 61 heavy (non-hydrogen) atoms. The van der Waals surface area contributed by atoms with Gasteiger partial charge in [0.05, 0.1) is 41.2 Å². The monoisotopic (exact) mass is 846 g/mol. The molecule has 0 saturated carbocycles. The van der Waals surface area contributed by atoms with Gasteiger partial charge in [-0.2, -0.15) is 0 Å². The van der Waals surface area contributed by atoms with Crippen LogP contribution in [-0.2, 0) is 23.8 Å². The van der Waals surface area contributed by atoms with Gasteiger partial charge >= 0.3 is 11.8 Å². The minimum absolute atomic E-state index is 0.0411. The van der Waals surface area contributed by atoms with Gasteiger partial charge in [0.15, 0.2) is 5.75 Å². The Morgan fingerprint density at radius 3 is 2.20 bits per heavy atom. The average Bonchev–Trinajstić information content (AvgIpc) is 3.74. The van der Waals surface area contributed by atoms with E-state index in [0.717, 1.165) is 12.8 Å². The van der Waals surface area contributed by atoms with E-state index < -0.39 is 82.9 Å². The number of carbonyl (C=O) groups is 3. The van der Waals surface area contributed by atoms with Crippen molar-refractivity contribution >= 4 is 34.1 Å². The Morgan fingerprint density at radius 2 is 1.59 bits per heavy atom. The maximum absolute atomic E-state index is 14.8. The lowest BCUT2D eigenvalue weighted by Gasteiger charge is -2.45. The van der Waals surface area contributed by atoms with Crippen LogP contribution >= 0.6 is 0 Å². The summed E-state index contributed by atoms with van der Waals surface area (Å²) in [6, 6.07) is 0. The van der Waals surface area contributed by atoms with Crippen LogP contribution < -0.4 is 26.1 Å². The number of amides is 1. The number of phenols is 2. The highest BCUT2D eigenvalue weighted by molar-refractivity contribution is 6.21. The number of aliphatic hydroxyl groups excluding tert-OH is 2. The fourth-order valence-corrected chi connectivity index (χ4v) is 9.69. The van der Waals surface area contributed by atoms with Crippen LogP contribution in [-0.4, -0.2) is 94.2 Å². The van der Waals surface area contributed by atoms with Gasteiger partial charge in [-0.15, -0.1) is 0 Å². The number of hydrogen-bond acceptors (Lipinski definition) is 14. The smallest absolute Gasteiger partial charge is 0.312 e. The second-order valence-corrected chi connectivity index (χ2v) is 17.4. The van der Waals surface area contributed by atoms with Crippen molar-refractivity contribution in [3.8, 4) is 17.2 Å². The first kappa shape index (κ1) is 45.7. The predicted octanol–water partition coefficient (Wildman–Crippen LogP) is 4.65. The summed E-state index contributed by atoms with van der Waals surface area (Å²) >= 11 is 0. The molecule has 0 aromatic heterocycles. The first-order valence-corrected chi connectivity index (χ1v) is 21.3. The predicted molar refractivity (Wildman–Crippen MR) is 228 cm³/mol. The van der Waals surface area contributed by atoms with E-state index in [1.165, 1.54) is 27.2 Å². The van der Waals surface area contributed by atoms with Crippen LogP contribution in [0.2, 0.25) is 0 Å². The quantitative estimate of drug-likeness (QED) is 0.183. The molecule has 2 unspecified atom stereocenters. The number of methoxy groups -OCH3 is 1. The van der Waals surface area contributed by atoms with E-state index in [1.807, 2.05) is 0 Å². The van der Waals surface area contributed by atoms with Crippen LogP contribution in [0, 0.1) is 42.4 Å². The molecule has 5 aliphatic rings. The number of allylic oxidation sites excluding steroid dienone is 2. The standard InChI is InChI=1S/C46H62N4O11/c1-12-28-19-47-20-29(13-2)46(28)49-34-31-32-39(54)26(8)42-33(31)43(56)45(10,61-42)59-18-17-30(58-11)23(5)41(60-27(9)51)25(7)38(53)24(6)37(52)21(3)15-14-16-22(4)44(57)48-36(40(32)55)35(34)50-46/h14-18,21,23-25,28-30,37-38,41,47,49,52-55H,12-13,19-20H2,1-11H3/b15-14+,18-17+,22-16-,48-36?/t21-,23+,24+,25+,28+,29?,30-,37-,38+,41+,45-,46?/m0/s1. The molecule has 5 bridgehead atoms. The maximum atomic E-state index is 14.8. The summed E-state index contributed by atoms with van der Waals surface area (Å²) in [4.78, 5) is 50.9. The van der Waals surface area contributed by atoms with Crippen LogP contribution in [0.5, 0.6) is 17.2 Å². The van der Waals surface area contributed by atoms with Crippen molar-refractivity contribution in [2.75, 3.05) is 25.5 Å². The highest BCUT2D eigenvalue weighted by Crippen LogP contribution is 2.52. The average molecular weight is 847 g/mol. The van der Waals surface area contributed by atoms with E-state index in [0.29, 0.717) is 18.8 Å². The van der Waals surface area contributed by atoms with Crippen molar-refractivity contribution in [3.05, 3.63) is 58.0 Å². The van der Waals surface area contributed by atoms with Gasteiger partial charge in [-0.1, -0.05) is 59.8 Å². The third kappa shape index (κ3) is 7.83. The van der Waals surface area contributed by atoms with Gasteiger partial charge in [-0.3, -0.25) is 19.4 Å². The molecule has 1 fully saturated rings.